The highest BCUT2D eigenvalue weighted by Gasteiger charge is 2.32. The third kappa shape index (κ3) is 2.75. The number of oxazole rings is 1. The number of hydrogen-bond acceptors (Lipinski definition) is 4. The lowest BCUT2D eigenvalue weighted by molar-refractivity contribution is 0.0726. The average Bonchev–Trinajstić information content (AvgIpc) is 2.75. The molecule has 3 atom stereocenters. The summed E-state index contributed by atoms with van der Waals surface area (Å²) >= 11 is 0. The van der Waals surface area contributed by atoms with Crippen LogP contribution in [0.25, 0.3) is 0 Å². The van der Waals surface area contributed by atoms with Crippen LogP contribution in [0.1, 0.15) is 45.4 Å². The van der Waals surface area contributed by atoms with Gasteiger partial charge in [-0.2, -0.15) is 0 Å². The molecule has 102 valence electrons. The lowest BCUT2D eigenvalue weighted by Gasteiger charge is -2.42. The van der Waals surface area contributed by atoms with Crippen molar-refractivity contribution in [2.45, 2.75) is 52.7 Å². The van der Waals surface area contributed by atoms with Crippen LogP contribution in [0.2, 0.25) is 0 Å². The predicted octanol–water partition coefficient (Wildman–Crippen LogP) is 2.36. The zero-order valence-electron chi connectivity index (χ0n) is 12.1. The molecule has 1 fully saturated rings. The second kappa shape index (κ2) is 5.41. The molecule has 3 unspecified atom stereocenters. The van der Waals surface area contributed by atoms with E-state index in [2.05, 4.69) is 42.9 Å². The molecule has 2 rings (SSSR count). The molecule has 4 nitrogen and oxygen atoms in total. The molecule has 4 heteroatoms. The van der Waals surface area contributed by atoms with Gasteiger partial charge in [0.05, 0.1) is 12.2 Å². The third-order valence-corrected chi connectivity index (χ3v) is 3.95. The molecule has 0 bridgehead atoms. The maximum atomic E-state index is 5.67. The molecule has 1 aliphatic rings. The maximum absolute atomic E-state index is 5.67. The van der Waals surface area contributed by atoms with Crippen LogP contribution in [-0.4, -0.2) is 35.1 Å². The number of piperazine rings is 1. The minimum absolute atomic E-state index is 0.247. The van der Waals surface area contributed by atoms with Gasteiger partial charge >= 0.3 is 0 Å². The van der Waals surface area contributed by atoms with Gasteiger partial charge in [-0.1, -0.05) is 13.8 Å². The number of rotatable bonds is 3. The van der Waals surface area contributed by atoms with Gasteiger partial charge in [0, 0.05) is 25.2 Å². The van der Waals surface area contributed by atoms with Crippen LogP contribution in [0.15, 0.2) is 10.6 Å². The summed E-state index contributed by atoms with van der Waals surface area (Å²) in [5.74, 6) is 2.38. The smallest absolute Gasteiger partial charge is 0.211 e. The van der Waals surface area contributed by atoms with Crippen molar-refractivity contribution in [2.24, 2.45) is 5.92 Å². The van der Waals surface area contributed by atoms with Crippen LogP contribution >= 0.6 is 0 Å². The highest BCUT2D eigenvalue weighted by Crippen LogP contribution is 2.25. The van der Waals surface area contributed by atoms with E-state index < -0.39 is 0 Å². The zero-order valence-corrected chi connectivity index (χ0v) is 12.1. The third-order valence-electron chi connectivity index (χ3n) is 3.95. The molecule has 2 heterocycles. The standard InChI is InChI=1S/C14H25N3O/c1-9(2)13-8-17(10(3)6-15-13)12(5)14-16-7-11(4)18-14/h7,9-10,12-13,15H,6,8H2,1-5H3. The number of aromatic nitrogens is 1. The van der Waals surface area contributed by atoms with E-state index in [9.17, 15) is 0 Å². The van der Waals surface area contributed by atoms with Crippen LogP contribution in [-0.2, 0) is 0 Å². The number of hydrogen-bond donors (Lipinski definition) is 1. The minimum Gasteiger partial charge on any atom is -0.444 e. The predicted molar refractivity (Wildman–Crippen MR) is 72.5 cm³/mol. The molecule has 18 heavy (non-hydrogen) atoms. The molecule has 0 radical (unpaired) electrons. The lowest BCUT2D eigenvalue weighted by atomic mass is 9.98. The lowest BCUT2D eigenvalue weighted by Crippen LogP contribution is -2.57. The molecular formula is C14H25N3O. The van der Waals surface area contributed by atoms with E-state index in [0.717, 1.165) is 24.7 Å². The van der Waals surface area contributed by atoms with Gasteiger partial charge in [0.2, 0.25) is 5.89 Å². The van der Waals surface area contributed by atoms with Crippen molar-refractivity contribution in [3.8, 4) is 0 Å². The van der Waals surface area contributed by atoms with Gasteiger partial charge in [-0.25, -0.2) is 4.98 Å². The van der Waals surface area contributed by atoms with Crippen molar-refractivity contribution in [3.63, 3.8) is 0 Å². The van der Waals surface area contributed by atoms with Crippen molar-refractivity contribution in [1.29, 1.82) is 0 Å². The minimum atomic E-state index is 0.247. The van der Waals surface area contributed by atoms with Crippen molar-refractivity contribution in [2.75, 3.05) is 13.1 Å². The summed E-state index contributed by atoms with van der Waals surface area (Å²) in [6.07, 6.45) is 1.80. The van der Waals surface area contributed by atoms with Gasteiger partial charge in [0.15, 0.2) is 0 Å². The van der Waals surface area contributed by atoms with E-state index in [1.54, 1.807) is 6.20 Å². The zero-order chi connectivity index (χ0) is 13.3. The molecular weight excluding hydrogens is 226 g/mol. The van der Waals surface area contributed by atoms with E-state index in [4.69, 9.17) is 4.42 Å². The normalized spacial score (nSPS) is 27.7. The molecule has 0 amide bonds. The number of aryl methyl sites for hydroxylation is 1. The Morgan fingerprint density at radius 2 is 2.17 bits per heavy atom. The van der Waals surface area contributed by atoms with Crippen LogP contribution in [0, 0.1) is 12.8 Å². The topological polar surface area (TPSA) is 41.3 Å². The first kappa shape index (κ1) is 13.6. The van der Waals surface area contributed by atoms with Crippen molar-refractivity contribution in [3.05, 3.63) is 17.8 Å². The maximum Gasteiger partial charge on any atom is 0.211 e. The van der Waals surface area contributed by atoms with E-state index in [0.29, 0.717) is 18.0 Å². The summed E-state index contributed by atoms with van der Waals surface area (Å²) in [5.41, 5.74) is 0. The Kier molecular flexibility index (Phi) is 4.07. The molecule has 1 N–H and O–H groups in total. The fourth-order valence-corrected chi connectivity index (χ4v) is 2.60. The van der Waals surface area contributed by atoms with Gasteiger partial charge in [0.1, 0.15) is 5.76 Å². The summed E-state index contributed by atoms with van der Waals surface area (Å²) in [5, 5.41) is 3.62. The van der Waals surface area contributed by atoms with Crippen LogP contribution in [0.4, 0.5) is 0 Å². The summed E-state index contributed by atoms with van der Waals surface area (Å²) in [4.78, 5) is 6.86. The second-order valence-corrected chi connectivity index (χ2v) is 5.79. The Balaban J connectivity index is 2.10. The second-order valence-electron chi connectivity index (χ2n) is 5.79. The summed E-state index contributed by atoms with van der Waals surface area (Å²) in [6.45, 7) is 13.0. The Morgan fingerprint density at radius 1 is 1.44 bits per heavy atom. The fraction of sp³-hybridized carbons (Fsp3) is 0.786. The molecule has 0 saturated carbocycles. The Hall–Kier alpha value is -0.870. The molecule has 0 aliphatic carbocycles. The summed E-state index contributed by atoms with van der Waals surface area (Å²) in [7, 11) is 0. The van der Waals surface area contributed by atoms with Crippen molar-refractivity contribution >= 4 is 0 Å². The van der Waals surface area contributed by atoms with E-state index in [1.165, 1.54) is 0 Å². The molecule has 0 aromatic carbocycles. The van der Waals surface area contributed by atoms with Crippen LogP contribution < -0.4 is 5.32 Å². The van der Waals surface area contributed by atoms with E-state index in [1.807, 2.05) is 6.92 Å². The van der Waals surface area contributed by atoms with Gasteiger partial charge < -0.3 is 9.73 Å². The monoisotopic (exact) mass is 251 g/mol. The molecule has 1 aliphatic heterocycles. The van der Waals surface area contributed by atoms with Gasteiger partial charge in [-0.05, 0) is 26.7 Å². The van der Waals surface area contributed by atoms with E-state index in [-0.39, 0.29) is 6.04 Å². The van der Waals surface area contributed by atoms with Crippen LogP contribution in [0.3, 0.4) is 0 Å². The first-order valence-corrected chi connectivity index (χ1v) is 6.90. The van der Waals surface area contributed by atoms with E-state index >= 15 is 0 Å². The first-order valence-electron chi connectivity index (χ1n) is 6.90. The van der Waals surface area contributed by atoms with Gasteiger partial charge in [0.25, 0.3) is 0 Å². The molecule has 0 spiro atoms. The quantitative estimate of drug-likeness (QED) is 0.895. The van der Waals surface area contributed by atoms with Crippen molar-refractivity contribution < 1.29 is 4.42 Å². The number of nitrogens with one attached hydrogen (secondary N) is 1. The Labute approximate surface area is 110 Å². The Bertz CT molecular complexity index is 388. The van der Waals surface area contributed by atoms with Gasteiger partial charge in [-0.3, -0.25) is 4.90 Å². The molecule has 1 aromatic heterocycles. The highest BCUT2D eigenvalue weighted by atomic mass is 16.4. The summed E-state index contributed by atoms with van der Waals surface area (Å²) in [6, 6.07) is 1.32. The summed E-state index contributed by atoms with van der Waals surface area (Å²) < 4.78 is 5.67. The average molecular weight is 251 g/mol. The first-order chi connectivity index (χ1) is 8.49. The fourth-order valence-electron chi connectivity index (χ4n) is 2.60. The SMILES string of the molecule is Cc1cnc(C(C)N2CC(C(C)C)NCC2C)o1. The molecule has 1 aromatic rings. The van der Waals surface area contributed by atoms with Crippen LogP contribution in [0.5, 0.6) is 0 Å². The number of nitrogens with zero attached hydrogens (tertiary/aromatic N) is 2. The van der Waals surface area contributed by atoms with Gasteiger partial charge in [-0.15, -0.1) is 0 Å². The molecule has 1 saturated heterocycles. The Morgan fingerprint density at radius 3 is 2.72 bits per heavy atom. The highest BCUT2D eigenvalue weighted by molar-refractivity contribution is 4.98. The largest absolute Gasteiger partial charge is 0.444 e. The van der Waals surface area contributed by atoms with Crippen molar-refractivity contribution in [1.82, 2.24) is 15.2 Å².